The van der Waals surface area contributed by atoms with Crippen LogP contribution in [0.25, 0.3) is 0 Å². The summed E-state index contributed by atoms with van der Waals surface area (Å²) in [6.07, 6.45) is 3.90. The van der Waals surface area contributed by atoms with Gasteiger partial charge in [-0.1, -0.05) is 11.6 Å². The van der Waals surface area contributed by atoms with Crippen molar-refractivity contribution in [2.24, 2.45) is 0 Å². The van der Waals surface area contributed by atoms with E-state index in [0.29, 0.717) is 30.0 Å². The number of alkyl carbamates (subject to hydrolysis) is 1. The van der Waals surface area contributed by atoms with Gasteiger partial charge < -0.3 is 24.9 Å². The zero-order valence-corrected chi connectivity index (χ0v) is 23.6. The van der Waals surface area contributed by atoms with E-state index in [9.17, 15) is 14.7 Å². The number of carbonyl (C=O) groups excluding carboxylic acids is 1. The number of amides is 1. The van der Waals surface area contributed by atoms with E-state index >= 15 is 0 Å². The number of hydrogen-bond acceptors (Lipinski definition) is 5. The molecule has 1 aliphatic rings. The van der Waals surface area contributed by atoms with Gasteiger partial charge in [-0.25, -0.2) is 4.79 Å². The topological polar surface area (TPSA) is 101 Å². The number of aromatic nitrogens is 1. The number of aliphatic hydroxyl groups excluding tert-OH is 1. The van der Waals surface area contributed by atoms with Gasteiger partial charge in [0.1, 0.15) is 11.4 Å². The molecule has 1 fully saturated rings. The molecule has 0 aliphatic heterocycles. The lowest BCUT2D eigenvalue weighted by Gasteiger charge is -2.31. The number of hydrogen-bond donors (Lipinski definition) is 3. The molecule has 1 aromatic heterocycles. The van der Waals surface area contributed by atoms with Crippen molar-refractivity contribution in [1.29, 1.82) is 0 Å². The molecule has 3 N–H and O–H groups in total. The van der Waals surface area contributed by atoms with Crippen LogP contribution in [0.3, 0.4) is 0 Å². The highest BCUT2D eigenvalue weighted by Crippen LogP contribution is 2.35. The van der Waals surface area contributed by atoms with Gasteiger partial charge in [0.05, 0.1) is 12.2 Å². The molecule has 3 rings (SSSR count). The first-order valence-corrected chi connectivity index (χ1v) is 13.5. The molecule has 37 heavy (non-hydrogen) atoms. The number of rotatable bonds is 8. The maximum atomic E-state index is 12.3. The number of pyridine rings is 1. The summed E-state index contributed by atoms with van der Waals surface area (Å²) in [5.74, 6) is 0.677. The molecule has 0 saturated heterocycles. The largest absolute Gasteiger partial charge is 0.490 e. The summed E-state index contributed by atoms with van der Waals surface area (Å²) in [5.41, 5.74) is 3.63. The molecule has 204 valence electrons. The molecular formula is C29H41ClN2O5. The number of aryl methyl sites for hydroxylation is 2. The van der Waals surface area contributed by atoms with Crippen molar-refractivity contribution in [3.05, 3.63) is 61.5 Å². The Labute approximate surface area is 224 Å². The second kappa shape index (κ2) is 12.4. The average molecular weight is 533 g/mol. The molecule has 1 heterocycles. The summed E-state index contributed by atoms with van der Waals surface area (Å²) in [5, 5.41) is 14.4. The summed E-state index contributed by atoms with van der Waals surface area (Å²) >= 11 is 6.41. The Hall–Kier alpha value is -2.51. The van der Waals surface area contributed by atoms with Crippen molar-refractivity contribution in [2.45, 2.75) is 110 Å². The Morgan fingerprint density at radius 3 is 2.46 bits per heavy atom. The molecule has 1 aliphatic carbocycles. The summed E-state index contributed by atoms with van der Waals surface area (Å²) in [7, 11) is 0. The van der Waals surface area contributed by atoms with Crippen LogP contribution in [0.1, 0.15) is 93.5 Å². The van der Waals surface area contributed by atoms with Gasteiger partial charge in [-0.05, 0) is 110 Å². The molecule has 8 heteroatoms. The van der Waals surface area contributed by atoms with Crippen molar-refractivity contribution >= 4 is 17.7 Å². The quantitative estimate of drug-likeness (QED) is 0.374. The van der Waals surface area contributed by atoms with Crippen molar-refractivity contribution in [1.82, 2.24) is 10.3 Å². The number of benzene rings is 1. The van der Waals surface area contributed by atoms with Crippen LogP contribution in [0, 0.1) is 20.8 Å². The fraction of sp³-hybridized carbons (Fsp3) is 0.586. The Kier molecular flexibility index (Phi) is 9.70. The van der Waals surface area contributed by atoms with Crippen LogP contribution in [-0.4, -0.2) is 33.9 Å². The summed E-state index contributed by atoms with van der Waals surface area (Å²) in [4.78, 5) is 27.6. The van der Waals surface area contributed by atoms with E-state index in [-0.39, 0.29) is 23.7 Å². The van der Waals surface area contributed by atoms with E-state index in [1.165, 1.54) is 0 Å². The highest BCUT2D eigenvalue weighted by Gasteiger charge is 2.26. The predicted molar refractivity (Wildman–Crippen MR) is 147 cm³/mol. The monoisotopic (exact) mass is 532 g/mol. The van der Waals surface area contributed by atoms with Crippen LogP contribution in [0.15, 0.2) is 23.0 Å². The lowest BCUT2D eigenvalue weighted by atomic mass is 9.92. The van der Waals surface area contributed by atoms with E-state index in [4.69, 9.17) is 21.1 Å². The third-order valence-corrected chi connectivity index (χ3v) is 7.02. The molecule has 1 amide bonds. The first-order chi connectivity index (χ1) is 17.3. The van der Waals surface area contributed by atoms with Crippen molar-refractivity contribution in [3.8, 4) is 5.75 Å². The smallest absolute Gasteiger partial charge is 0.407 e. The van der Waals surface area contributed by atoms with Gasteiger partial charge in [0.15, 0.2) is 5.43 Å². The summed E-state index contributed by atoms with van der Waals surface area (Å²) < 4.78 is 11.7. The second-order valence-corrected chi connectivity index (χ2v) is 11.6. The normalized spacial score (nSPS) is 18.8. The average Bonchev–Trinajstić information content (AvgIpc) is 2.77. The van der Waals surface area contributed by atoms with Crippen LogP contribution >= 0.6 is 11.6 Å². The maximum absolute atomic E-state index is 12.3. The van der Waals surface area contributed by atoms with E-state index < -0.39 is 11.7 Å². The van der Waals surface area contributed by atoms with Crippen molar-refractivity contribution in [3.63, 3.8) is 0 Å². The van der Waals surface area contributed by atoms with E-state index in [2.05, 4.69) is 10.3 Å². The molecule has 2 aromatic rings. The van der Waals surface area contributed by atoms with E-state index in [0.717, 1.165) is 53.8 Å². The second-order valence-electron chi connectivity index (χ2n) is 11.2. The third kappa shape index (κ3) is 8.50. The molecule has 0 radical (unpaired) electrons. The highest BCUT2D eigenvalue weighted by molar-refractivity contribution is 6.30. The van der Waals surface area contributed by atoms with Gasteiger partial charge in [-0.2, -0.15) is 0 Å². The number of halogens is 1. The Bertz CT molecular complexity index is 1150. The SMILES string of the molecule is Cc1cc(=O)c(CCCC(O)c2cc(Cl)cc(OC3CCC(NC(=O)OC(C)(C)C)CC3)c2C)c(C)[nH]1. The Balaban J connectivity index is 1.56. The number of aromatic amines is 1. The van der Waals surface area contributed by atoms with E-state index in [1.54, 1.807) is 18.2 Å². The van der Waals surface area contributed by atoms with Crippen LogP contribution in [0.4, 0.5) is 4.79 Å². The van der Waals surface area contributed by atoms with Crippen LogP contribution in [0.2, 0.25) is 5.02 Å². The van der Waals surface area contributed by atoms with E-state index in [1.807, 2.05) is 41.5 Å². The van der Waals surface area contributed by atoms with Crippen LogP contribution in [0.5, 0.6) is 5.75 Å². The van der Waals surface area contributed by atoms with Gasteiger partial charge >= 0.3 is 6.09 Å². The summed E-state index contributed by atoms with van der Waals surface area (Å²) in [6, 6.07) is 5.27. The number of ether oxygens (including phenoxy) is 2. The first-order valence-electron chi connectivity index (χ1n) is 13.2. The number of carbonyl (C=O) groups is 1. The molecule has 7 nitrogen and oxygen atoms in total. The molecule has 1 unspecified atom stereocenters. The van der Waals surface area contributed by atoms with Crippen LogP contribution in [-0.2, 0) is 11.2 Å². The molecule has 1 saturated carbocycles. The minimum atomic E-state index is -0.709. The van der Waals surface area contributed by atoms with Gasteiger partial charge in [-0.15, -0.1) is 0 Å². The zero-order chi connectivity index (χ0) is 27.3. The minimum absolute atomic E-state index is 0.00934. The number of aliphatic hydroxyl groups is 1. The Morgan fingerprint density at radius 2 is 1.84 bits per heavy atom. The van der Waals surface area contributed by atoms with Crippen molar-refractivity contribution < 1.29 is 19.4 Å². The first kappa shape index (κ1) is 29.1. The molecule has 1 aromatic carbocycles. The predicted octanol–water partition coefficient (Wildman–Crippen LogP) is 6.22. The minimum Gasteiger partial charge on any atom is -0.490 e. The molecule has 0 bridgehead atoms. The van der Waals surface area contributed by atoms with Crippen molar-refractivity contribution in [2.75, 3.05) is 0 Å². The standard InChI is InChI=1S/C29H41ClN2O5/c1-17-14-26(34)23(19(3)31-17)8-7-9-25(33)24-15-20(30)16-27(18(24)2)36-22-12-10-21(11-13-22)32-28(35)37-29(4,5)6/h14-16,21-22,25,33H,7-13H2,1-6H3,(H,31,34)(H,32,35). The highest BCUT2D eigenvalue weighted by atomic mass is 35.5. The zero-order valence-electron chi connectivity index (χ0n) is 22.9. The summed E-state index contributed by atoms with van der Waals surface area (Å²) in [6.45, 7) is 11.3. The fourth-order valence-electron chi connectivity index (χ4n) is 4.94. The lowest BCUT2D eigenvalue weighted by molar-refractivity contribution is 0.0470. The third-order valence-electron chi connectivity index (χ3n) is 6.80. The fourth-order valence-corrected chi connectivity index (χ4v) is 5.15. The molecular weight excluding hydrogens is 492 g/mol. The van der Waals surface area contributed by atoms with Gasteiger partial charge in [0, 0.05) is 34.1 Å². The maximum Gasteiger partial charge on any atom is 0.407 e. The van der Waals surface area contributed by atoms with Gasteiger partial charge in [-0.3, -0.25) is 4.79 Å². The Morgan fingerprint density at radius 1 is 1.16 bits per heavy atom. The molecule has 1 atom stereocenters. The van der Waals surface area contributed by atoms with Gasteiger partial charge in [0.2, 0.25) is 0 Å². The van der Waals surface area contributed by atoms with Crippen LogP contribution < -0.4 is 15.5 Å². The van der Waals surface area contributed by atoms with Gasteiger partial charge in [0.25, 0.3) is 0 Å². The number of nitrogens with one attached hydrogen (secondary N) is 2. The lowest BCUT2D eigenvalue weighted by Crippen LogP contribution is -2.42. The number of H-pyrrole nitrogens is 1. The molecule has 0 spiro atoms.